The van der Waals surface area contributed by atoms with Crippen molar-refractivity contribution in [2.24, 2.45) is 0 Å². The molecule has 0 aliphatic rings. The number of hydrogen-bond acceptors (Lipinski definition) is 0. The molecule has 0 saturated carbocycles. The first-order valence-electron chi connectivity index (χ1n) is 4.49. The summed E-state index contributed by atoms with van der Waals surface area (Å²) in [7, 11) is 0. The summed E-state index contributed by atoms with van der Waals surface area (Å²) in [6, 6.07) is 8.84. The molecule has 2 rings (SSSR count). The van der Waals surface area contributed by atoms with Gasteiger partial charge in [-0.05, 0) is 39.7 Å². The summed E-state index contributed by atoms with van der Waals surface area (Å²) in [6.07, 6.45) is 0. The molecule has 0 atom stereocenters. The molecule has 0 radical (unpaired) electrons. The molecule has 0 heterocycles. The predicted molar refractivity (Wildman–Crippen MR) is 64.5 cm³/mol. The van der Waals surface area contributed by atoms with Crippen molar-refractivity contribution >= 4 is 27.5 Å². The van der Waals surface area contributed by atoms with Crippen LogP contribution in [0.2, 0.25) is 5.02 Å². The monoisotopic (exact) mass is 302 g/mol. The molecule has 2 aromatic rings. The van der Waals surface area contributed by atoms with Crippen LogP contribution in [0.4, 0.5) is 8.78 Å². The van der Waals surface area contributed by atoms with Gasteiger partial charge < -0.3 is 0 Å². The predicted octanol–water partition coefficient (Wildman–Crippen LogP) is 5.05. The minimum Gasteiger partial charge on any atom is -0.207 e. The van der Waals surface area contributed by atoms with E-state index in [9.17, 15) is 8.78 Å². The van der Waals surface area contributed by atoms with E-state index >= 15 is 0 Å². The first-order chi connectivity index (χ1) is 7.59. The normalized spacial score (nSPS) is 10.5. The van der Waals surface area contributed by atoms with Gasteiger partial charge in [-0.25, -0.2) is 8.78 Å². The highest BCUT2D eigenvalue weighted by Gasteiger charge is 2.11. The number of benzene rings is 2. The number of halogens is 4. The molecule has 0 aromatic heterocycles. The standard InChI is InChI=1S/C12H6BrClF2/c13-10-6-5-9(12(16)11(10)14)7-1-3-8(15)4-2-7/h1-6H. The molecule has 4 heteroatoms. The van der Waals surface area contributed by atoms with Crippen molar-refractivity contribution < 1.29 is 8.78 Å². The Morgan fingerprint density at radius 2 is 1.56 bits per heavy atom. The molecule has 0 nitrogen and oxygen atoms in total. The largest absolute Gasteiger partial charge is 0.207 e. The Morgan fingerprint density at radius 1 is 0.938 bits per heavy atom. The van der Waals surface area contributed by atoms with Crippen LogP contribution < -0.4 is 0 Å². The fraction of sp³-hybridized carbons (Fsp3) is 0. The molecule has 82 valence electrons. The first kappa shape index (κ1) is 11.6. The third-order valence-corrected chi connectivity index (χ3v) is 3.45. The summed E-state index contributed by atoms with van der Waals surface area (Å²) >= 11 is 8.90. The third-order valence-electron chi connectivity index (χ3n) is 2.19. The van der Waals surface area contributed by atoms with E-state index in [0.717, 1.165) is 0 Å². The highest BCUT2D eigenvalue weighted by atomic mass is 79.9. The molecule has 2 aromatic carbocycles. The topological polar surface area (TPSA) is 0 Å². The third kappa shape index (κ3) is 2.11. The molecule has 0 saturated heterocycles. The van der Waals surface area contributed by atoms with Crippen molar-refractivity contribution in [1.29, 1.82) is 0 Å². The summed E-state index contributed by atoms with van der Waals surface area (Å²) in [6.45, 7) is 0. The average molecular weight is 304 g/mol. The minimum atomic E-state index is -0.511. The zero-order valence-corrected chi connectivity index (χ0v) is 10.3. The van der Waals surface area contributed by atoms with Crippen LogP contribution in [0.5, 0.6) is 0 Å². The van der Waals surface area contributed by atoms with Gasteiger partial charge in [0.25, 0.3) is 0 Å². The van der Waals surface area contributed by atoms with Crippen molar-refractivity contribution in [3.8, 4) is 11.1 Å². The van der Waals surface area contributed by atoms with Crippen LogP contribution in [0, 0.1) is 11.6 Å². The van der Waals surface area contributed by atoms with E-state index in [1.807, 2.05) is 0 Å². The zero-order valence-electron chi connectivity index (χ0n) is 7.98. The number of hydrogen-bond donors (Lipinski definition) is 0. The molecule has 16 heavy (non-hydrogen) atoms. The van der Waals surface area contributed by atoms with Gasteiger partial charge in [-0.15, -0.1) is 0 Å². The molecular weight excluding hydrogens is 297 g/mol. The molecule has 0 amide bonds. The molecule has 0 fully saturated rings. The summed E-state index contributed by atoms with van der Waals surface area (Å²) in [5.41, 5.74) is 0.946. The van der Waals surface area contributed by atoms with Crippen molar-refractivity contribution in [3.05, 3.63) is 57.5 Å². The summed E-state index contributed by atoms with van der Waals surface area (Å²) in [5, 5.41) is 0.0295. The summed E-state index contributed by atoms with van der Waals surface area (Å²) < 4.78 is 27.0. The lowest BCUT2D eigenvalue weighted by Gasteiger charge is -2.06. The van der Waals surface area contributed by atoms with Crippen molar-refractivity contribution in [1.82, 2.24) is 0 Å². The van der Waals surface area contributed by atoms with Crippen LogP contribution in [0.25, 0.3) is 11.1 Å². The average Bonchev–Trinajstić information content (AvgIpc) is 2.28. The second kappa shape index (κ2) is 4.52. The highest BCUT2D eigenvalue weighted by Crippen LogP contribution is 2.32. The van der Waals surface area contributed by atoms with Gasteiger partial charge in [0.15, 0.2) is 5.82 Å². The Morgan fingerprint density at radius 3 is 2.19 bits per heavy atom. The second-order valence-electron chi connectivity index (χ2n) is 3.23. The lowest BCUT2D eigenvalue weighted by Crippen LogP contribution is -1.87. The van der Waals surface area contributed by atoms with E-state index in [4.69, 9.17) is 11.6 Å². The van der Waals surface area contributed by atoms with E-state index in [1.165, 1.54) is 24.3 Å². The maximum absolute atomic E-state index is 13.8. The smallest absolute Gasteiger partial charge is 0.150 e. The van der Waals surface area contributed by atoms with E-state index < -0.39 is 5.82 Å². The van der Waals surface area contributed by atoms with Crippen LogP contribution in [-0.4, -0.2) is 0 Å². The Kier molecular flexibility index (Phi) is 3.26. The highest BCUT2D eigenvalue weighted by molar-refractivity contribution is 9.10. The van der Waals surface area contributed by atoms with Crippen LogP contribution >= 0.6 is 27.5 Å². The van der Waals surface area contributed by atoms with Gasteiger partial charge >= 0.3 is 0 Å². The van der Waals surface area contributed by atoms with E-state index in [2.05, 4.69) is 15.9 Å². The number of rotatable bonds is 1. The van der Waals surface area contributed by atoms with Gasteiger partial charge in [0.1, 0.15) is 5.82 Å². The van der Waals surface area contributed by atoms with Gasteiger partial charge in [0.05, 0.1) is 5.02 Å². The fourth-order valence-corrected chi connectivity index (χ4v) is 1.85. The summed E-state index contributed by atoms with van der Waals surface area (Å²) in [5.74, 6) is -0.866. The maximum atomic E-state index is 13.8. The lowest BCUT2D eigenvalue weighted by molar-refractivity contribution is 0.625. The molecule has 0 unspecified atom stereocenters. The Balaban J connectivity index is 2.57. The molecule has 0 N–H and O–H groups in total. The minimum absolute atomic E-state index is 0.0295. The first-order valence-corrected chi connectivity index (χ1v) is 5.66. The van der Waals surface area contributed by atoms with Crippen LogP contribution in [0.1, 0.15) is 0 Å². The molecular formula is C12H6BrClF2. The molecule has 0 bridgehead atoms. The van der Waals surface area contributed by atoms with Crippen molar-refractivity contribution in [2.45, 2.75) is 0 Å². The lowest BCUT2D eigenvalue weighted by atomic mass is 10.1. The van der Waals surface area contributed by atoms with Gasteiger partial charge in [-0.1, -0.05) is 29.8 Å². The van der Waals surface area contributed by atoms with E-state index in [-0.39, 0.29) is 10.8 Å². The van der Waals surface area contributed by atoms with Crippen LogP contribution in [-0.2, 0) is 0 Å². The van der Waals surface area contributed by atoms with Gasteiger partial charge in [0, 0.05) is 10.0 Å². The fourth-order valence-electron chi connectivity index (χ4n) is 1.38. The zero-order chi connectivity index (χ0) is 11.7. The van der Waals surface area contributed by atoms with Gasteiger partial charge in [-0.2, -0.15) is 0 Å². The molecule has 0 aliphatic heterocycles. The quantitative estimate of drug-likeness (QED) is 0.647. The van der Waals surface area contributed by atoms with Gasteiger partial charge in [0.2, 0.25) is 0 Å². The van der Waals surface area contributed by atoms with Crippen LogP contribution in [0.15, 0.2) is 40.9 Å². The van der Waals surface area contributed by atoms with E-state index in [1.54, 1.807) is 12.1 Å². The van der Waals surface area contributed by atoms with Crippen molar-refractivity contribution in [2.75, 3.05) is 0 Å². The maximum Gasteiger partial charge on any atom is 0.150 e. The second-order valence-corrected chi connectivity index (χ2v) is 4.46. The molecule has 0 aliphatic carbocycles. The van der Waals surface area contributed by atoms with E-state index in [0.29, 0.717) is 15.6 Å². The Labute approximate surface area is 105 Å². The SMILES string of the molecule is Fc1ccc(-c2ccc(Br)c(Cl)c2F)cc1. The Hall–Kier alpha value is -0.930. The Bertz CT molecular complexity index is 523. The molecule has 0 spiro atoms. The van der Waals surface area contributed by atoms with Crippen LogP contribution in [0.3, 0.4) is 0 Å². The van der Waals surface area contributed by atoms with Crippen molar-refractivity contribution in [3.63, 3.8) is 0 Å². The summed E-state index contributed by atoms with van der Waals surface area (Å²) in [4.78, 5) is 0. The van der Waals surface area contributed by atoms with Gasteiger partial charge in [-0.3, -0.25) is 0 Å².